The fourth-order valence-corrected chi connectivity index (χ4v) is 2.03. The minimum Gasteiger partial charge on any atom is -0.476 e. The molecule has 0 aliphatic heterocycles. The predicted molar refractivity (Wildman–Crippen MR) is 71.8 cm³/mol. The van der Waals surface area contributed by atoms with Crippen LogP contribution in [0.25, 0.3) is 22.3 Å². The molecule has 3 rings (SSSR count). The van der Waals surface area contributed by atoms with Gasteiger partial charge in [-0.2, -0.15) is 0 Å². The molecule has 4 nitrogen and oxygen atoms in total. The summed E-state index contributed by atoms with van der Waals surface area (Å²) in [6, 6.07) is 9.48. The van der Waals surface area contributed by atoms with Gasteiger partial charge in [0.25, 0.3) is 0 Å². The van der Waals surface area contributed by atoms with Crippen molar-refractivity contribution < 1.29 is 18.7 Å². The lowest BCUT2D eigenvalue weighted by Crippen LogP contribution is -2.05. The van der Waals surface area contributed by atoms with Gasteiger partial charge < -0.3 is 5.11 Å². The first-order valence-corrected chi connectivity index (χ1v) is 6.02. The van der Waals surface area contributed by atoms with Crippen LogP contribution in [0.3, 0.4) is 0 Å². The summed E-state index contributed by atoms with van der Waals surface area (Å²) in [7, 11) is 0. The molecular formula is C15H8F2N2O2. The molecule has 3 aromatic rings. The van der Waals surface area contributed by atoms with Crippen LogP contribution < -0.4 is 0 Å². The largest absolute Gasteiger partial charge is 0.476 e. The summed E-state index contributed by atoms with van der Waals surface area (Å²) in [4.78, 5) is 19.3. The number of para-hydroxylation sites is 1. The van der Waals surface area contributed by atoms with Crippen molar-refractivity contribution in [3.63, 3.8) is 0 Å². The van der Waals surface area contributed by atoms with Gasteiger partial charge in [-0.3, -0.25) is 0 Å². The normalized spacial score (nSPS) is 10.8. The number of nitrogens with zero attached hydrogens (tertiary/aromatic N) is 2. The van der Waals surface area contributed by atoms with Gasteiger partial charge in [0.05, 0.1) is 11.1 Å². The Morgan fingerprint density at radius 1 is 1.05 bits per heavy atom. The number of fused-ring (bicyclic) bond motifs is 1. The van der Waals surface area contributed by atoms with E-state index in [0.717, 1.165) is 6.07 Å². The molecule has 0 fully saturated rings. The first kappa shape index (κ1) is 13.1. The number of hydrogen-bond donors (Lipinski definition) is 1. The van der Waals surface area contributed by atoms with E-state index in [2.05, 4.69) is 9.97 Å². The second kappa shape index (κ2) is 4.90. The lowest BCUT2D eigenvalue weighted by molar-refractivity contribution is 0.0693. The predicted octanol–water partition coefficient (Wildman–Crippen LogP) is 3.27. The fourth-order valence-electron chi connectivity index (χ4n) is 2.03. The molecule has 1 heterocycles. The SMILES string of the molecule is O=C(O)c1nc(-c2ccc(F)cc2F)nc2ccccc12. The molecule has 0 unspecified atom stereocenters. The summed E-state index contributed by atoms with van der Waals surface area (Å²) < 4.78 is 26.8. The number of carboxylic acids is 1. The van der Waals surface area contributed by atoms with Crippen LogP contribution in [0.4, 0.5) is 8.78 Å². The number of rotatable bonds is 2. The second-order valence-corrected chi connectivity index (χ2v) is 4.34. The molecule has 0 atom stereocenters. The molecule has 0 saturated carbocycles. The number of aromatic nitrogens is 2. The van der Waals surface area contributed by atoms with Crippen LogP contribution in [0.1, 0.15) is 10.5 Å². The van der Waals surface area contributed by atoms with Crippen molar-refractivity contribution in [2.24, 2.45) is 0 Å². The molecule has 2 aromatic carbocycles. The third-order valence-corrected chi connectivity index (χ3v) is 2.98. The van der Waals surface area contributed by atoms with Crippen molar-refractivity contribution in [3.05, 3.63) is 59.8 Å². The topological polar surface area (TPSA) is 63.1 Å². The maximum Gasteiger partial charge on any atom is 0.355 e. The third-order valence-electron chi connectivity index (χ3n) is 2.98. The summed E-state index contributed by atoms with van der Waals surface area (Å²) in [5.74, 6) is -2.90. The average molecular weight is 286 g/mol. The van der Waals surface area contributed by atoms with E-state index in [1.807, 2.05) is 0 Å². The zero-order chi connectivity index (χ0) is 15.0. The van der Waals surface area contributed by atoms with Gasteiger partial charge >= 0.3 is 5.97 Å². The highest BCUT2D eigenvalue weighted by Gasteiger charge is 2.16. The molecule has 0 spiro atoms. The maximum absolute atomic E-state index is 13.8. The highest BCUT2D eigenvalue weighted by atomic mass is 19.1. The first-order chi connectivity index (χ1) is 10.1. The summed E-state index contributed by atoms with van der Waals surface area (Å²) in [5.41, 5.74) is 0.104. The van der Waals surface area contributed by atoms with E-state index >= 15 is 0 Å². The fraction of sp³-hybridized carbons (Fsp3) is 0. The molecule has 0 aliphatic carbocycles. The first-order valence-electron chi connectivity index (χ1n) is 6.02. The van der Waals surface area contributed by atoms with Crippen molar-refractivity contribution in [2.45, 2.75) is 0 Å². The van der Waals surface area contributed by atoms with Crippen molar-refractivity contribution in [2.75, 3.05) is 0 Å². The van der Waals surface area contributed by atoms with E-state index in [4.69, 9.17) is 0 Å². The van der Waals surface area contributed by atoms with Gasteiger partial charge in [-0.1, -0.05) is 18.2 Å². The molecule has 0 bridgehead atoms. The quantitative estimate of drug-likeness (QED) is 0.785. The molecule has 6 heteroatoms. The van der Waals surface area contributed by atoms with Crippen LogP contribution in [0.2, 0.25) is 0 Å². The van der Waals surface area contributed by atoms with Gasteiger partial charge in [0.1, 0.15) is 11.6 Å². The van der Waals surface area contributed by atoms with Crippen LogP contribution in [-0.4, -0.2) is 21.0 Å². The molecule has 1 N–H and O–H groups in total. The lowest BCUT2D eigenvalue weighted by atomic mass is 10.1. The zero-order valence-electron chi connectivity index (χ0n) is 10.5. The Bertz CT molecular complexity index is 865. The summed E-state index contributed by atoms with van der Waals surface area (Å²) in [6.07, 6.45) is 0. The van der Waals surface area contributed by atoms with Crippen LogP contribution in [0, 0.1) is 11.6 Å². The Balaban J connectivity index is 2.31. The van der Waals surface area contributed by atoms with E-state index in [1.54, 1.807) is 24.3 Å². The third kappa shape index (κ3) is 2.31. The van der Waals surface area contributed by atoms with Gasteiger partial charge in [0.2, 0.25) is 0 Å². The van der Waals surface area contributed by atoms with E-state index in [1.165, 1.54) is 6.07 Å². The molecule has 1 aromatic heterocycles. The average Bonchev–Trinajstić information content (AvgIpc) is 2.46. The Kier molecular flexibility index (Phi) is 3.06. The van der Waals surface area contributed by atoms with Crippen LogP contribution in [0.15, 0.2) is 42.5 Å². The number of carbonyl (C=O) groups is 1. The number of benzene rings is 2. The Morgan fingerprint density at radius 3 is 2.52 bits per heavy atom. The standard InChI is InChI=1S/C15H8F2N2O2/c16-8-5-6-9(11(17)7-8)14-18-12-4-2-1-3-10(12)13(19-14)15(20)21/h1-7H,(H,20,21). The van der Waals surface area contributed by atoms with Crippen LogP contribution in [-0.2, 0) is 0 Å². The van der Waals surface area contributed by atoms with Crippen molar-refractivity contribution in [1.29, 1.82) is 0 Å². The molecule has 0 saturated heterocycles. The summed E-state index contributed by atoms with van der Waals surface area (Å²) in [5, 5.41) is 9.58. The smallest absolute Gasteiger partial charge is 0.355 e. The lowest BCUT2D eigenvalue weighted by Gasteiger charge is -2.06. The maximum atomic E-state index is 13.8. The molecular weight excluding hydrogens is 278 g/mol. The zero-order valence-corrected chi connectivity index (χ0v) is 10.5. The van der Waals surface area contributed by atoms with Gasteiger partial charge in [-0.05, 0) is 18.2 Å². The molecule has 0 aliphatic rings. The van der Waals surface area contributed by atoms with E-state index < -0.39 is 17.6 Å². The number of halogens is 2. The van der Waals surface area contributed by atoms with E-state index in [9.17, 15) is 18.7 Å². The number of hydrogen-bond acceptors (Lipinski definition) is 3. The van der Waals surface area contributed by atoms with Gasteiger partial charge in [-0.15, -0.1) is 0 Å². The monoisotopic (exact) mass is 286 g/mol. The van der Waals surface area contributed by atoms with E-state index in [-0.39, 0.29) is 17.1 Å². The second-order valence-electron chi connectivity index (χ2n) is 4.34. The molecule has 21 heavy (non-hydrogen) atoms. The summed E-state index contributed by atoms with van der Waals surface area (Å²) in [6.45, 7) is 0. The van der Waals surface area contributed by atoms with Gasteiger partial charge in [0.15, 0.2) is 11.5 Å². The Morgan fingerprint density at radius 2 is 1.81 bits per heavy atom. The van der Waals surface area contributed by atoms with E-state index in [0.29, 0.717) is 17.0 Å². The van der Waals surface area contributed by atoms with Gasteiger partial charge in [0, 0.05) is 11.5 Å². The highest BCUT2D eigenvalue weighted by molar-refractivity contribution is 6.01. The summed E-state index contributed by atoms with van der Waals surface area (Å²) >= 11 is 0. The number of aromatic carboxylic acids is 1. The molecule has 0 radical (unpaired) electrons. The number of carboxylic acid groups (broad SMARTS) is 1. The highest BCUT2D eigenvalue weighted by Crippen LogP contribution is 2.24. The van der Waals surface area contributed by atoms with Crippen molar-refractivity contribution >= 4 is 16.9 Å². The van der Waals surface area contributed by atoms with Gasteiger partial charge in [-0.25, -0.2) is 23.5 Å². The van der Waals surface area contributed by atoms with Crippen LogP contribution >= 0.6 is 0 Å². The van der Waals surface area contributed by atoms with Crippen molar-refractivity contribution in [1.82, 2.24) is 9.97 Å². The minimum atomic E-state index is -1.24. The Hall–Kier alpha value is -2.89. The minimum absolute atomic E-state index is 0.0512. The Labute approximate surface area is 117 Å². The van der Waals surface area contributed by atoms with Crippen LogP contribution in [0.5, 0.6) is 0 Å². The molecule has 0 amide bonds. The van der Waals surface area contributed by atoms with Crippen molar-refractivity contribution in [3.8, 4) is 11.4 Å². The molecule has 104 valence electrons.